The monoisotopic (exact) mass is 337 g/mol. The number of aliphatic hydroxyl groups is 1. The van der Waals surface area contributed by atoms with Gasteiger partial charge in [-0.2, -0.15) is 0 Å². The van der Waals surface area contributed by atoms with E-state index in [4.69, 9.17) is 4.74 Å². The highest BCUT2D eigenvalue weighted by Crippen LogP contribution is 2.41. The van der Waals surface area contributed by atoms with E-state index in [9.17, 15) is 18.4 Å². The number of rotatable bonds is 3. The molecule has 0 radical (unpaired) electrons. The number of nitrogens with one attached hydrogen (secondary N) is 1. The minimum absolute atomic E-state index is 0. The molecule has 0 bridgehead atoms. The van der Waals surface area contributed by atoms with Crippen LogP contribution in [0.5, 0.6) is 5.75 Å². The number of fused-ring (bicyclic) bond motifs is 1. The summed E-state index contributed by atoms with van der Waals surface area (Å²) >= 11 is -1.64. The van der Waals surface area contributed by atoms with E-state index in [1.54, 1.807) is 20.8 Å². The van der Waals surface area contributed by atoms with Gasteiger partial charge in [-0.15, -0.1) is 4.72 Å². The number of benzene rings is 1. The van der Waals surface area contributed by atoms with Crippen LogP contribution in [0.3, 0.4) is 0 Å². The first-order chi connectivity index (χ1) is 9.72. The summed E-state index contributed by atoms with van der Waals surface area (Å²) in [5.41, 5.74) is -1.50. The van der Waals surface area contributed by atoms with Crippen LogP contribution in [0.2, 0.25) is 0 Å². The summed E-state index contributed by atoms with van der Waals surface area (Å²) in [6, 6.07) is 4.06. The quantitative estimate of drug-likeness (QED) is 0.803. The molecular formula is C14H21F2NO4S. The Morgan fingerprint density at radius 1 is 1.50 bits per heavy atom. The first-order valence-electron chi connectivity index (χ1n) is 6.59. The molecule has 0 aliphatic carbocycles. The summed E-state index contributed by atoms with van der Waals surface area (Å²) in [5.74, 6) is -0.751. The second kappa shape index (κ2) is 6.67. The number of hydrogen-bond donors (Lipinski definition) is 2. The lowest BCUT2D eigenvalue weighted by atomic mass is 9.84. The Labute approximate surface area is 131 Å². The van der Waals surface area contributed by atoms with Crippen molar-refractivity contribution in [2.75, 3.05) is 13.2 Å². The molecule has 1 unspecified atom stereocenters. The number of alkyl halides is 1. The van der Waals surface area contributed by atoms with Crippen LogP contribution < -0.4 is 9.46 Å². The molecule has 1 aliphatic heterocycles. The molecule has 0 spiro atoms. The molecule has 1 heterocycles. The number of hydrogen-bond acceptors (Lipinski definition) is 4. The smallest absolute Gasteiger partial charge is 0.165 e. The second-order valence-electron chi connectivity index (χ2n) is 6.01. The molecule has 3 atom stereocenters. The first-order valence-corrected chi connectivity index (χ1v) is 7.74. The van der Waals surface area contributed by atoms with Gasteiger partial charge in [-0.3, -0.25) is 0 Å². The summed E-state index contributed by atoms with van der Waals surface area (Å²) in [6.07, 6.45) is -1.65. The largest absolute Gasteiger partial charge is 0.598 e. The average molecular weight is 337 g/mol. The fourth-order valence-electron chi connectivity index (χ4n) is 2.13. The molecule has 0 amide bonds. The third-order valence-electron chi connectivity index (χ3n) is 3.44. The van der Waals surface area contributed by atoms with E-state index in [1.807, 2.05) is 0 Å². The lowest BCUT2D eigenvalue weighted by Gasteiger charge is -2.41. The van der Waals surface area contributed by atoms with Crippen molar-refractivity contribution >= 4 is 11.4 Å². The zero-order valence-electron chi connectivity index (χ0n) is 12.7. The van der Waals surface area contributed by atoms with Crippen molar-refractivity contribution in [2.45, 2.75) is 37.2 Å². The molecule has 126 valence electrons. The van der Waals surface area contributed by atoms with Gasteiger partial charge in [0.15, 0.2) is 17.7 Å². The van der Waals surface area contributed by atoms with Crippen LogP contribution >= 0.6 is 0 Å². The number of para-hydroxylation sites is 1. The van der Waals surface area contributed by atoms with Crippen LogP contribution in [0.4, 0.5) is 8.78 Å². The molecule has 5 nitrogen and oxygen atoms in total. The molecule has 2 rings (SSSR count). The van der Waals surface area contributed by atoms with Crippen LogP contribution in [0, 0.1) is 5.82 Å². The highest BCUT2D eigenvalue weighted by atomic mass is 32.2. The zero-order chi connectivity index (χ0) is 15.8. The van der Waals surface area contributed by atoms with Gasteiger partial charge in [-0.1, -0.05) is 12.1 Å². The van der Waals surface area contributed by atoms with Gasteiger partial charge in [0.05, 0.1) is 6.61 Å². The lowest BCUT2D eigenvalue weighted by Crippen LogP contribution is -2.61. The summed E-state index contributed by atoms with van der Waals surface area (Å²) < 4.78 is 47.7. The van der Waals surface area contributed by atoms with E-state index in [0.717, 1.165) is 0 Å². The highest BCUT2D eigenvalue weighted by Gasteiger charge is 2.51. The molecule has 0 saturated heterocycles. The second-order valence-corrected chi connectivity index (χ2v) is 7.97. The van der Waals surface area contributed by atoms with E-state index < -0.39 is 46.9 Å². The topological polar surface area (TPSA) is 96.0 Å². The number of ether oxygens (including phenoxy) is 1. The van der Waals surface area contributed by atoms with Crippen LogP contribution in [0.25, 0.3) is 0 Å². The number of halogens is 2. The van der Waals surface area contributed by atoms with Gasteiger partial charge in [0, 0.05) is 16.9 Å². The lowest BCUT2D eigenvalue weighted by molar-refractivity contribution is 0.0343. The van der Waals surface area contributed by atoms with E-state index in [0.29, 0.717) is 0 Å². The molecule has 0 aromatic heterocycles. The SMILES string of the molecule is CC(C)(C)[S+]([O-])N[C@]1(CO)c2cccc(F)c2OC[C@@H]1F.O. The Hall–Kier alpha value is -0.930. The van der Waals surface area contributed by atoms with Crippen LogP contribution in [-0.4, -0.2) is 39.3 Å². The zero-order valence-corrected chi connectivity index (χ0v) is 13.5. The molecular weight excluding hydrogens is 316 g/mol. The Morgan fingerprint density at radius 3 is 2.68 bits per heavy atom. The third-order valence-corrected chi connectivity index (χ3v) is 5.10. The highest BCUT2D eigenvalue weighted by molar-refractivity contribution is 7.90. The maximum absolute atomic E-state index is 14.5. The Balaban J connectivity index is 0.00000242. The molecule has 1 aliphatic rings. The normalized spacial score (nSPS) is 25.7. The van der Waals surface area contributed by atoms with Gasteiger partial charge in [0.25, 0.3) is 0 Å². The molecule has 8 heteroatoms. The first kappa shape index (κ1) is 19.1. The molecule has 0 fully saturated rings. The maximum atomic E-state index is 14.5. The van der Waals surface area contributed by atoms with Crippen LogP contribution in [0.1, 0.15) is 26.3 Å². The molecule has 1 aromatic rings. The third kappa shape index (κ3) is 3.21. The summed E-state index contributed by atoms with van der Waals surface area (Å²) in [4.78, 5) is 0. The van der Waals surface area contributed by atoms with Crippen LogP contribution in [-0.2, 0) is 16.9 Å². The van der Waals surface area contributed by atoms with Crippen molar-refractivity contribution in [3.8, 4) is 5.75 Å². The van der Waals surface area contributed by atoms with Crippen molar-refractivity contribution in [1.29, 1.82) is 0 Å². The van der Waals surface area contributed by atoms with Crippen molar-refractivity contribution < 1.29 is 28.7 Å². The number of aliphatic hydroxyl groups excluding tert-OH is 1. The molecule has 22 heavy (non-hydrogen) atoms. The van der Waals surface area contributed by atoms with Crippen molar-refractivity contribution in [3.63, 3.8) is 0 Å². The fraction of sp³-hybridized carbons (Fsp3) is 0.571. The summed E-state index contributed by atoms with van der Waals surface area (Å²) in [7, 11) is 0. The van der Waals surface area contributed by atoms with Gasteiger partial charge in [-0.05, 0) is 26.8 Å². The Bertz CT molecular complexity index is 526. The molecule has 4 N–H and O–H groups in total. The predicted molar refractivity (Wildman–Crippen MR) is 80.2 cm³/mol. The summed E-state index contributed by atoms with van der Waals surface area (Å²) in [5, 5.41) is 9.75. The minimum atomic E-state index is -1.65. The van der Waals surface area contributed by atoms with Gasteiger partial charge in [-0.25, -0.2) is 8.78 Å². The minimum Gasteiger partial charge on any atom is -0.598 e. The van der Waals surface area contributed by atoms with E-state index in [1.165, 1.54) is 18.2 Å². The van der Waals surface area contributed by atoms with Gasteiger partial charge < -0.3 is 19.9 Å². The predicted octanol–water partition coefficient (Wildman–Crippen LogP) is 0.971. The Kier molecular flexibility index (Phi) is 5.80. The van der Waals surface area contributed by atoms with Gasteiger partial charge in [0.2, 0.25) is 0 Å². The van der Waals surface area contributed by atoms with Gasteiger partial charge in [0.1, 0.15) is 16.9 Å². The van der Waals surface area contributed by atoms with Crippen LogP contribution in [0.15, 0.2) is 18.2 Å². The molecule has 1 aromatic carbocycles. The standard InChI is InChI=1S/C14H19F2NO3S.H2O/c1-13(2,3)21(19)17-14(8-18)9-5-4-6-10(15)12(9)20-7-11(14)16;/h4-6,11,17-18H,7-8H2,1-3H3;1H2/t11-,14+,21?;/m0./s1. The van der Waals surface area contributed by atoms with Crippen molar-refractivity contribution in [3.05, 3.63) is 29.6 Å². The van der Waals surface area contributed by atoms with E-state index in [-0.39, 0.29) is 16.8 Å². The van der Waals surface area contributed by atoms with Crippen molar-refractivity contribution in [1.82, 2.24) is 4.72 Å². The van der Waals surface area contributed by atoms with E-state index >= 15 is 0 Å². The van der Waals surface area contributed by atoms with Gasteiger partial charge >= 0.3 is 0 Å². The van der Waals surface area contributed by atoms with E-state index in [2.05, 4.69) is 4.72 Å². The summed E-state index contributed by atoms with van der Waals surface area (Å²) in [6.45, 7) is 4.10. The average Bonchev–Trinajstić information content (AvgIpc) is 2.41. The fourth-order valence-corrected chi connectivity index (χ4v) is 3.07. The Morgan fingerprint density at radius 2 is 2.14 bits per heavy atom. The maximum Gasteiger partial charge on any atom is 0.165 e. The van der Waals surface area contributed by atoms with Crippen molar-refractivity contribution in [2.24, 2.45) is 0 Å². The molecule has 0 saturated carbocycles.